The Morgan fingerprint density at radius 2 is 1.97 bits per heavy atom. The fourth-order valence-electron chi connectivity index (χ4n) is 4.33. The molecule has 1 aliphatic heterocycles. The number of nitrogen functional groups attached to an aromatic ring is 1. The van der Waals surface area contributed by atoms with Gasteiger partial charge < -0.3 is 26.0 Å². The van der Waals surface area contributed by atoms with Gasteiger partial charge in [-0.3, -0.25) is 9.59 Å². The Kier molecular flexibility index (Phi) is 6.51. The lowest BCUT2D eigenvalue weighted by atomic mass is 10.0. The highest BCUT2D eigenvalue weighted by Crippen LogP contribution is 2.34. The van der Waals surface area contributed by atoms with Crippen LogP contribution in [0, 0.1) is 0 Å². The first-order chi connectivity index (χ1) is 15.9. The van der Waals surface area contributed by atoms with Crippen LogP contribution in [0.15, 0.2) is 54.6 Å². The predicted octanol–water partition coefficient (Wildman–Crippen LogP) is 3.00. The first-order valence-electron chi connectivity index (χ1n) is 11.1. The van der Waals surface area contributed by atoms with Crippen LogP contribution in [0.1, 0.15) is 24.5 Å². The summed E-state index contributed by atoms with van der Waals surface area (Å²) in [6, 6.07) is 16.5. The lowest BCUT2D eigenvalue weighted by Crippen LogP contribution is -2.52. The van der Waals surface area contributed by atoms with Crippen LogP contribution in [-0.4, -0.2) is 38.1 Å². The van der Waals surface area contributed by atoms with Crippen molar-refractivity contribution in [3.05, 3.63) is 65.7 Å². The average molecular weight is 447 g/mol. The van der Waals surface area contributed by atoms with Gasteiger partial charge >= 0.3 is 0 Å². The molecule has 0 radical (unpaired) electrons. The van der Waals surface area contributed by atoms with E-state index in [1.165, 1.54) is 0 Å². The summed E-state index contributed by atoms with van der Waals surface area (Å²) in [5.74, 6) is 0.351. The second-order valence-electron chi connectivity index (χ2n) is 8.39. The van der Waals surface area contributed by atoms with Crippen LogP contribution < -0.4 is 26.0 Å². The summed E-state index contributed by atoms with van der Waals surface area (Å²) < 4.78 is 5.67. The average Bonchev–Trinajstić information content (AvgIpc) is 2.96. The third-order valence-corrected chi connectivity index (χ3v) is 6.34. The third kappa shape index (κ3) is 4.50. The van der Waals surface area contributed by atoms with E-state index in [9.17, 15) is 9.59 Å². The van der Waals surface area contributed by atoms with Crippen molar-refractivity contribution in [3.63, 3.8) is 0 Å². The van der Waals surface area contributed by atoms with Gasteiger partial charge in [0.05, 0.1) is 19.7 Å². The van der Waals surface area contributed by atoms with Crippen molar-refractivity contribution in [2.24, 2.45) is 0 Å². The molecule has 4 N–H and O–H groups in total. The minimum atomic E-state index is -0.619. The molecule has 0 fully saturated rings. The van der Waals surface area contributed by atoms with Crippen molar-refractivity contribution in [1.82, 2.24) is 10.6 Å². The first kappa shape index (κ1) is 22.6. The van der Waals surface area contributed by atoms with Gasteiger partial charge in [-0.1, -0.05) is 30.3 Å². The Labute approximate surface area is 193 Å². The van der Waals surface area contributed by atoms with Crippen molar-refractivity contribution < 1.29 is 14.3 Å². The highest BCUT2D eigenvalue weighted by atomic mass is 16.5. The molecule has 3 aromatic rings. The molecule has 0 spiro atoms. The van der Waals surface area contributed by atoms with Crippen molar-refractivity contribution in [3.8, 4) is 5.75 Å². The SMILES string of the molecule is CN[C@@H](C)C(=O)N[C@H]1CCc2ccccc2N(Cc2c(OC)ccc3ccc(N)cc23)C1=O. The standard InChI is InChI=1S/C26H30N4O3/c1-16(28-2)25(31)29-22-12-9-18-6-4-5-7-23(18)30(26(22)32)15-21-20-14-19(27)11-8-17(20)10-13-24(21)33-3/h4-8,10-11,13-14,16,22,28H,9,12,15,27H2,1-3H3,(H,29,31)/t16-,22-/m0/s1. The normalized spacial score (nSPS) is 16.8. The minimum Gasteiger partial charge on any atom is -0.496 e. The highest BCUT2D eigenvalue weighted by Gasteiger charge is 2.32. The van der Waals surface area contributed by atoms with Crippen molar-refractivity contribution in [1.29, 1.82) is 0 Å². The van der Waals surface area contributed by atoms with Crippen LogP contribution >= 0.6 is 0 Å². The van der Waals surface area contributed by atoms with E-state index >= 15 is 0 Å². The van der Waals surface area contributed by atoms with E-state index in [2.05, 4.69) is 10.6 Å². The number of hydrogen-bond donors (Lipinski definition) is 3. The molecular formula is C26H30N4O3. The van der Waals surface area contributed by atoms with E-state index in [1.54, 1.807) is 26.0 Å². The molecule has 2 atom stereocenters. The van der Waals surface area contributed by atoms with Gasteiger partial charge in [-0.15, -0.1) is 0 Å². The largest absolute Gasteiger partial charge is 0.496 e. The monoisotopic (exact) mass is 446 g/mol. The summed E-state index contributed by atoms with van der Waals surface area (Å²) in [5.41, 5.74) is 9.53. The maximum atomic E-state index is 13.8. The summed E-state index contributed by atoms with van der Waals surface area (Å²) in [7, 11) is 3.34. The Balaban J connectivity index is 1.78. The van der Waals surface area contributed by atoms with Crippen LogP contribution in [0.5, 0.6) is 5.75 Å². The van der Waals surface area contributed by atoms with E-state index in [1.807, 2.05) is 54.6 Å². The van der Waals surface area contributed by atoms with E-state index in [0.29, 0.717) is 30.8 Å². The molecule has 0 aliphatic carbocycles. The van der Waals surface area contributed by atoms with E-state index in [4.69, 9.17) is 10.5 Å². The Morgan fingerprint density at radius 3 is 2.73 bits per heavy atom. The quantitative estimate of drug-likeness (QED) is 0.506. The van der Waals surface area contributed by atoms with Gasteiger partial charge in [0.2, 0.25) is 11.8 Å². The number of hydrogen-bond acceptors (Lipinski definition) is 5. The number of nitrogens with two attached hydrogens (primary N) is 1. The molecule has 7 nitrogen and oxygen atoms in total. The molecule has 3 aromatic carbocycles. The number of carbonyl (C=O) groups is 2. The third-order valence-electron chi connectivity index (χ3n) is 6.34. The molecule has 7 heteroatoms. The zero-order valence-corrected chi connectivity index (χ0v) is 19.2. The molecule has 0 aromatic heterocycles. The number of methoxy groups -OCH3 is 1. The van der Waals surface area contributed by atoms with Crippen LogP contribution in [0.3, 0.4) is 0 Å². The maximum Gasteiger partial charge on any atom is 0.249 e. The Hall–Kier alpha value is -3.58. The summed E-state index contributed by atoms with van der Waals surface area (Å²) >= 11 is 0. The highest BCUT2D eigenvalue weighted by molar-refractivity contribution is 6.01. The van der Waals surface area contributed by atoms with Gasteiger partial charge in [-0.05, 0) is 67.4 Å². The molecule has 0 unspecified atom stereocenters. The number of rotatable bonds is 6. The van der Waals surface area contributed by atoms with Gasteiger partial charge in [0.1, 0.15) is 11.8 Å². The van der Waals surface area contributed by atoms with Gasteiger partial charge in [-0.25, -0.2) is 0 Å². The Bertz CT molecular complexity index is 1190. The molecule has 2 amide bonds. The summed E-state index contributed by atoms with van der Waals surface area (Å²) in [4.78, 5) is 28.1. The van der Waals surface area contributed by atoms with Crippen LogP contribution in [0.2, 0.25) is 0 Å². The molecule has 172 valence electrons. The second kappa shape index (κ2) is 9.50. The number of benzene rings is 3. The van der Waals surface area contributed by atoms with Gasteiger partial charge in [0.25, 0.3) is 0 Å². The number of aryl methyl sites for hydroxylation is 1. The van der Waals surface area contributed by atoms with Crippen LogP contribution in [-0.2, 0) is 22.6 Å². The minimum absolute atomic E-state index is 0.139. The zero-order chi connectivity index (χ0) is 23.5. The van der Waals surface area contributed by atoms with Crippen molar-refractivity contribution >= 4 is 34.0 Å². The number of nitrogens with one attached hydrogen (secondary N) is 2. The number of ether oxygens (including phenoxy) is 1. The van der Waals surface area contributed by atoms with Crippen LogP contribution in [0.4, 0.5) is 11.4 Å². The van der Waals surface area contributed by atoms with Gasteiger partial charge in [0, 0.05) is 16.9 Å². The number of carbonyl (C=O) groups excluding carboxylic acids is 2. The number of anilines is 2. The van der Waals surface area contributed by atoms with Crippen molar-refractivity contribution in [2.75, 3.05) is 24.8 Å². The zero-order valence-electron chi connectivity index (χ0n) is 19.2. The predicted molar refractivity (Wildman–Crippen MR) is 131 cm³/mol. The first-order valence-corrected chi connectivity index (χ1v) is 11.1. The lowest BCUT2D eigenvalue weighted by Gasteiger charge is -2.28. The topological polar surface area (TPSA) is 96.7 Å². The molecular weight excluding hydrogens is 416 g/mol. The molecule has 1 heterocycles. The fourth-order valence-corrected chi connectivity index (χ4v) is 4.33. The van der Waals surface area contributed by atoms with Crippen LogP contribution in [0.25, 0.3) is 10.8 Å². The maximum absolute atomic E-state index is 13.8. The lowest BCUT2D eigenvalue weighted by molar-refractivity contribution is -0.128. The number of fused-ring (bicyclic) bond motifs is 2. The molecule has 33 heavy (non-hydrogen) atoms. The van der Waals surface area contributed by atoms with E-state index in [-0.39, 0.29) is 11.8 Å². The molecule has 1 aliphatic rings. The van der Waals surface area contributed by atoms with Crippen molar-refractivity contribution in [2.45, 2.75) is 38.4 Å². The molecule has 0 bridgehead atoms. The van der Waals surface area contributed by atoms with E-state index < -0.39 is 12.1 Å². The molecule has 0 saturated carbocycles. The van der Waals surface area contributed by atoms with E-state index in [0.717, 1.165) is 27.6 Å². The smallest absolute Gasteiger partial charge is 0.249 e. The number of likely N-dealkylation sites (N-methyl/N-ethyl adjacent to an activating group) is 1. The van der Waals surface area contributed by atoms with Gasteiger partial charge in [-0.2, -0.15) is 0 Å². The van der Waals surface area contributed by atoms with Gasteiger partial charge in [0.15, 0.2) is 0 Å². The summed E-state index contributed by atoms with van der Waals surface area (Å²) in [5, 5.41) is 7.82. The second-order valence-corrected chi connectivity index (χ2v) is 8.39. The molecule has 4 rings (SSSR count). The Morgan fingerprint density at radius 1 is 1.21 bits per heavy atom. The summed E-state index contributed by atoms with van der Waals surface area (Å²) in [6.45, 7) is 2.07. The number of amides is 2. The number of nitrogens with zero attached hydrogens (tertiary/aromatic N) is 1. The fraction of sp³-hybridized carbons (Fsp3) is 0.308. The summed E-state index contributed by atoms with van der Waals surface area (Å²) in [6.07, 6.45) is 1.23. The molecule has 0 saturated heterocycles. The number of para-hydroxylation sites is 1.